The van der Waals surface area contributed by atoms with E-state index in [4.69, 9.17) is 4.74 Å². The molecule has 1 aromatic heterocycles. The van der Waals surface area contributed by atoms with Gasteiger partial charge in [-0.05, 0) is 42.2 Å². The Morgan fingerprint density at radius 2 is 1.67 bits per heavy atom. The molecule has 1 unspecified atom stereocenters. The number of aromatic amines is 1. The van der Waals surface area contributed by atoms with E-state index >= 15 is 0 Å². The Morgan fingerprint density at radius 3 is 2.47 bits per heavy atom. The highest BCUT2D eigenvalue weighted by atomic mass is 16.5. The fourth-order valence-corrected chi connectivity index (χ4v) is 4.74. The highest BCUT2D eigenvalue weighted by Gasteiger charge is 2.27. The molecule has 1 aliphatic carbocycles. The highest BCUT2D eigenvalue weighted by molar-refractivity contribution is 5.80. The van der Waals surface area contributed by atoms with E-state index in [0.29, 0.717) is 0 Å². The number of para-hydroxylation sites is 2. The molecular formula is C25H29N3O2. The van der Waals surface area contributed by atoms with Gasteiger partial charge in [-0.15, -0.1) is 0 Å². The van der Waals surface area contributed by atoms with E-state index in [1.807, 2.05) is 42.6 Å². The average Bonchev–Trinajstić information content (AvgIpc) is 3.05. The summed E-state index contributed by atoms with van der Waals surface area (Å²) in [5, 5.41) is 17.5. The Hall–Kier alpha value is -3.08. The number of fused-ring (bicyclic) bond motifs is 2. The molecule has 30 heavy (non-hydrogen) atoms. The molecule has 5 heteroatoms. The van der Waals surface area contributed by atoms with Crippen LogP contribution in [0.2, 0.25) is 0 Å². The summed E-state index contributed by atoms with van der Waals surface area (Å²) >= 11 is 0. The van der Waals surface area contributed by atoms with Crippen molar-refractivity contribution < 1.29 is 9.84 Å². The smallest absolute Gasteiger partial charge is 0.196 e. The summed E-state index contributed by atoms with van der Waals surface area (Å²) in [7, 11) is 0. The van der Waals surface area contributed by atoms with Crippen LogP contribution in [0.15, 0.2) is 54.7 Å². The third-order valence-corrected chi connectivity index (χ3v) is 6.42. The molecule has 1 atom stereocenters. The number of H-pyrrole nitrogens is 1. The Kier molecular flexibility index (Phi) is 5.26. The minimum Gasteiger partial charge on any atom is -0.494 e. The van der Waals surface area contributed by atoms with Gasteiger partial charge in [-0.1, -0.05) is 56.4 Å². The van der Waals surface area contributed by atoms with Gasteiger partial charge in [0.25, 0.3) is 0 Å². The SMILES string of the molecule is Oc1[nH]cc2c1C(c1ccc(OCCC3CCCCC3)cc1)Nc1ccccc1N2. The summed E-state index contributed by atoms with van der Waals surface area (Å²) in [5.41, 5.74) is 4.76. The van der Waals surface area contributed by atoms with E-state index in [2.05, 4.69) is 27.8 Å². The first-order valence-electron chi connectivity index (χ1n) is 11.0. The molecule has 5 rings (SSSR count). The lowest BCUT2D eigenvalue weighted by Crippen LogP contribution is -2.12. The van der Waals surface area contributed by atoms with Crippen LogP contribution in [-0.2, 0) is 0 Å². The summed E-state index contributed by atoms with van der Waals surface area (Å²) < 4.78 is 6.02. The zero-order valence-corrected chi connectivity index (χ0v) is 17.2. The topological polar surface area (TPSA) is 69.3 Å². The molecule has 2 aromatic carbocycles. The number of hydrogen-bond acceptors (Lipinski definition) is 4. The van der Waals surface area contributed by atoms with Gasteiger partial charge >= 0.3 is 0 Å². The second-order valence-corrected chi connectivity index (χ2v) is 8.42. The fraction of sp³-hybridized carbons (Fsp3) is 0.360. The molecule has 2 aliphatic rings. The number of nitrogens with one attached hydrogen (secondary N) is 3. The van der Waals surface area contributed by atoms with Crippen LogP contribution in [0.3, 0.4) is 0 Å². The van der Waals surface area contributed by atoms with Gasteiger partial charge in [0.15, 0.2) is 5.88 Å². The van der Waals surface area contributed by atoms with Crippen molar-refractivity contribution in [3.63, 3.8) is 0 Å². The first-order valence-corrected chi connectivity index (χ1v) is 11.0. The Balaban J connectivity index is 1.32. The number of aromatic hydroxyl groups is 1. The third kappa shape index (κ3) is 3.84. The van der Waals surface area contributed by atoms with Crippen molar-refractivity contribution in [1.29, 1.82) is 0 Å². The maximum Gasteiger partial charge on any atom is 0.196 e. The molecule has 1 fully saturated rings. The first-order chi connectivity index (χ1) is 14.8. The molecule has 4 N–H and O–H groups in total. The van der Waals surface area contributed by atoms with Gasteiger partial charge in [0.1, 0.15) is 5.75 Å². The maximum absolute atomic E-state index is 10.5. The number of ether oxygens (including phenoxy) is 1. The van der Waals surface area contributed by atoms with Gasteiger partial charge < -0.3 is 25.5 Å². The van der Waals surface area contributed by atoms with Gasteiger partial charge in [-0.3, -0.25) is 0 Å². The molecule has 2 heterocycles. The van der Waals surface area contributed by atoms with Gasteiger partial charge in [-0.2, -0.15) is 0 Å². The van der Waals surface area contributed by atoms with Gasteiger partial charge in [-0.25, -0.2) is 0 Å². The summed E-state index contributed by atoms with van der Waals surface area (Å²) in [6.07, 6.45) is 9.81. The number of anilines is 3. The summed E-state index contributed by atoms with van der Waals surface area (Å²) in [5.74, 6) is 1.91. The van der Waals surface area contributed by atoms with E-state index in [9.17, 15) is 5.11 Å². The van der Waals surface area contributed by atoms with Crippen molar-refractivity contribution in [3.8, 4) is 11.6 Å². The lowest BCUT2D eigenvalue weighted by atomic mass is 9.87. The lowest BCUT2D eigenvalue weighted by molar-refractivity contribution is 0.246. The van der Waals surface area contributed by atoms with Crippen LogP contribution in [0.5, 0.6) is 11.6 Å². The van der Waals surface area contributed by atoms with Crippen LogP contribution in [0, 0.1) is 5.92 Å². The second-order valence-electron chi connectivity index (χ2n) is 8.42. The number of aromatic nitrogens is 1. The molecule has 0 amide bonds. The van der Waals surface area contributed by atoms with Crippen LogP contribution < -0.4 is 15.4 Å². The predicted molar refractivity (Wildman–Crippen MR) is 121 cm³/mol. The van der Waals surface area contributed by atoms with E-state index in [1.54, 1.807) is 0 Å². The minimum atomic E-state index is -0.168. The monoisotopic (exact) mass is 403 g/mol. The zero-order chi connectivity index (χ0) is 20.3. The standard InChI is InChI=1S/C25H29N3O2/c29-25-23-22(16-26-25)27-20-8-4-5-9-21(20)28-24(23)18-10-12-19(13-11-18)30-15-14-17-6-2-1-3-7-17/h4-5,8-13,16-17,24,26-29H,1-3,6-7,14-15H2. The molecule has 1 saturated carbocycles. The third-order valence-electron chi connectivity index (χ3n) is 6.42. The molecule has 0 saturated heterocycles. The van der Waals surface area contributed by atoms with Crippen LogP contribution in [0.25, 0.3) is 0 Å². The molecule has 0 spiro atoms. The van der Waals surface area contributed by atoms with Crippen LogP contribution in [-0.4, -0.2) is 16.7 Å². The van der Waals surface area contributed by atoms with E-state index < -0.39 is 0 Å². The number of rotatable bonds is 5. The first kappa shape index (κ1) is 18.9. The molecule has 156 valence electrons. The predicted octanol–water partition coefficient (Wildman–Crippen LogP) is 6.33. The molecule has 0 radical (unpaired) electrons. The largest absolute Gasteiger partial charge is 0.494 e. The van der Waals surface area contributed by atoms with Crippen molar-refractivity contribution in [2.24, 2.45) is 5.92 Å². The van der Waals surface area contributed by atoms with E-state index in [-0.39, 0.29) is 11.9 Å². The summed E-state index contributed by atoms with van der Waals surface area (Å²) in [6, 6.07) is 16.1. The normalized spacial score (nSPS) is 18.5. The molecule has 0 bridgehead atoms. The summed E-state index contributed by atoms with van der Waals surface area (Å²) in [6.45, 7) is 0.783. The lowest BCUT2D eigenvalue weighted by Gasteiger charge is -2.21. The van der Waals surface area contributed by atoms with Gasteiger partial charge in [0.2, 0.25) is 0 Å². The number of benzene rings is 2. The van der Waals surface area contributed by atoms with Gasteiger partial charge in [0.05, 0.1) is 35.3 Å². The van der Waals surface area contributed by atoms with E-state index in [1.165, 1.54) is 32.1 Å². The molecule has 5 nitrogen and oxygen atoms in total. The highest BCUT2D eigenvalue weighted by Crippen LogP contribution is 2.43. The van der Waals surface area contributed by atoms with Crippen molar-refractivity contribution in [1.82, 2.24) is 4.98 Å². The Labute approximate surface area is 177 Å². The molecule has 3 aromatic rings. The quantitative estimate of drug-likeness (QED) is 0.402. The molecule has 1 aliphatic heterocycles. The zero-order valence-electron chi connectivity index (χ0n) is 17.2. The summed E-state index contributed by atoms with van der Waals surface area (Å²) in [4.78, 5) is 2.94. The van der Waals surface area contributed by atoms with Crippen molar-refractivity contribution in [3.05, 3.63) is 65.9 Å². The molecular weight excluding hydrogens is 374 g/mol. The fourth-order valence-electron chi connectivity index (χ4n) is 4.74. The Morgan fingerprint density at radius 1 is 0.900 bits per heavy atom. The van der Waals surface area contributed by atoms with Crippen LogP contribution in [0.4, 0.5) is 17.1 Å². The van der Waals surface area contributed by atoms with Crippen molar-refractivity contribution in [2.75, 3.05) is 17.2 Å². The van der Waals surface area contributed by atoms with E-state index in [0.717, 1.165) is 52.9 Å². The second kappa shape index (κ2) is 8.34. The number of hydrogen-bond donors (Lipinski definition) is 4. The Bertz CT molecular complexity index is 990. The minimum absolute atomic E-state index is 0.168. The average molecular weight is 404 g/mol. The maximum atomic E-state index is 10.5. The van der Waals surface area contributed by atoms with Gasteiger partial charge in [0, 0.05) is 6.20 Å². The van der Waals surface area contributed by atoms with Crippen LogP contribution >= 0.6 is 0 Å². The van der Waals surface area contributed by atoms with Crippen molar-refractivity contribution >= 4 is 17.1 Å². The van der Waals surface area contributed by atoms with Crippen LogP contribution in [0.1, 0.15) is 55.7 Å². The van der Waals surface area contributed by atoms with Crippen molar-refractivity contribution in [2.45, 2.75) is 44.6 Å².